The minimum absolute atomic E-state index is 0.166. The van der Waals surface area contributed by atoms with E-state index in [4.69, 9.17) is 9.26 Å². The smallest absolute Gasteiger partial charge is 0.225 e. The van der Waals surface area contributed by atoms with E-state index in [0.29, 0.717) is 17.6 Å². The lowest BCUT2D eigenvalue weighted by atomic mass is 9.86. The number of carbonyl (C=O) groups is 1. The van der Waals surface area contributed by atoms with E-state index in [-0.39, 0.29) is 12.0 Å². The van der Waals surface area contributed by atoms with Crippen molar-refractivity contribution in [3.63, 3.8) is 0 Å². The predicted molar refractivity (Wildman–Crippen MR) is 117 cm³/mol. The van der Waals surface area contributed by atoms with Gasteiger partial charge in [0.1, 0.15) is 5.75 Å². The average molecular weight is 425 g/mol. The van der Waals surface area contributed by atoms with E-state index in [0.717, 1.165) is 69.2 Å². The van der Waals surface area contributed by atoms with Gasteiger partial charge in [0.05, 0.1) is 6.10 Å². The molecule has 3 fully saturated rings. The molecule has 5 rings (SSSR count). The Morgan fingerprint density at radius 1 is 1.00 bits per heavy atom. The van der Waals surface area contributed by atoms with Gasteiger partial charge in [-0.15, -0.1) is 0 Å². The zero-order chi connectivity index (χ0) is 21.2. The summed E-state index contributed by atoms with van der Waals surface area (Å²) in [5, 5.41) is 3.95. The Balaban J connectivity index is 1.08. The fraction of sp³-hybridized carbons (Fsp3) is 0.625. The Labute approximate surface area is 183 Å². The molecule has 0 radical (unpaired) electrons. The van der Waals surface area contributed by atoms with E-state index in [1.54, 1.807) is 6.92 Å². The first kappa shape index (κ1) is 20.5. The number of ether oxygens (including phenoxy) is 1. The Kier molecular flexibility index (Phi) is 5.94. The van der Waals surface area contributed by atoms with Gasteiger partial charge in [0.25, 0.3) is 0 Å². The lowest BCUT2D eigenvalue weighted by molar-refractivity contribution is -0.139. The Bertz CT molecular complexity index is 876. The Hall–Kier alpha value is -2.41. The maximum absolute atomic E-state index is 13.0. The zero-order valence-corrected chi connectivity index (χ0v) is 18.3. The van der Waals surface area contributed by atoms with Gasteiger partial charge >= 0.3 is 0 Å². The fourth-order valence-corrected chi connectivity index (χ4v) is 5.04. The highest BCUT2D eigenvalue weighted by Gasteiger charge is 2.33. The summed E-state index contributed by atoms with van der Waals surface area (Å²) in [6.45, 7) is 5.68. The molecule has 1 aromatic carbocycles. The quantitative estimate of drug-likeness (QED) is 0.729. The van der Waals surface area contributed by atoms with Crippen molar-refractivity contribution in [1.82, 2.24) is 19.9 Å². The molecular weight excluding hydrogens is 392 g/mol. The Morgan fingerprint density at radius 3 is 2.29 bits per heavy atom. The van der Waals surface area contributed by atoms with Crippen LogP contribution in [0, 0.1) is 12.8 Å². The van der Waals surface area contributed by atoms with Crippen molar-refractivity contribution in [3.05, 3.63) is 30.2 Å². The standard InChI is InChI=1S/C24H32N4O3/c1-17-25-23(26-31-17)18-5-9-21(10-6-18)30-22-11-7-19(8-12-22)24(29)28-15-13-27(14-16-28)20-3-2-4-20/h5-6,9-10,19-20,22H,2-4,7-8,11-16H2,1H3/t19-,22-. The summed E-state index contributed by atoms with van der Waals surface area (Å²) in [5.41, 5.74) is 0.913. The van der Waals surface area contributed by atoms with Crippen molar-refractivity contribution >= 4 is 5.91 Å². The van der Waals surface area contributed by atoms with Gasteiger partial charge in [0.15, 0.2) is 0 Å². The molecule has 31 heavy (non-hydrogen) atoms. The number of hydrogen-bond donors (Lipinski definition) is 0. The second-order valence-corrected chi connectivity index (χ2v) is 9.20. The predicted octanol–water partition coefficient (Wildman–Crippen LogP) is 3.68. The number of piperazine rings is 1. The topological polar surface area (TPSA) is 71.7 Å². The number of aryl methyl sites for hydroxylation is 1. The van der Waals surface area contributed by atoms with Crippen molar-refractivity contribution in [2.45, 2.75) is 64.0 Å². The molecule has 1 aliphatic heterocycles. The lowest BCUT2D eigenvalue weighted by Crippen LogP contribution is -2.54. The van der Waals surface area contributed by atoms with Gasteiger partial charge in [-0.1, -0.05) is 11.6 Å². The van der Waals surface area contributed by atoms with Crippen LogP contribution in [0.25, 0.3) is 11.4 Å². The third-order valence-corrected chi connectivity index (χ3v) is 7.18. The number of amides is 1. The van der Waals surface area contributed by atoms with E-state index in [1.165, 1.54) is 19.3 Å². The molecule has 0 N–H and O–H groups in total. The molecule has 2 saturated carbocycles. The molecule has 2 heterocycles. The molecule has 1 saturated heterocycles. The molecule has 2 aliphatic carbocycles. The summed E-state index contributed by atoms with van der Waals surface area (Å²) in [6.07, 6.45) is 7.96. The summed E-state index contributed by atoms with van der Waals surface area (Å²) < 4.78 is 11.2. The van der Waals surface area contributed by atoms with Gasteiger partial charge in [-0.05, 0) is 62.8 Å². The van der Waals surface area contributed by atoms with Gasteiger partial charge < -0.3 is 14.2 Å². The number of carbonyl (C=O) groups excluding carboxylic acids is 1. The molecule has 0 unspecified atom stereocenters. The molecule has 3 aliphatic rings. The highest BCUT2D eigenvalue weighted by atomic mass is 16.5. The molecular formula is C24H32N4O3. The van der Waals surface area contributed by atoms with Crippen LogP contribution in [-0.4, -0.2) is 64.2 Å². The normalized spacial score (nSPS) is 25.3. The van der Waals surface area contributed by atoms with E-state index < -0.39 is 0 Å². The van der Waals surface area contributed by atoms with Crippen molar-refractivity contribution in [1.29, 1.82) is 0 Å². The first-order chi connectivity index (χ1) is 15.2. The van der Waals surface area contributed by atoms with Crippen LogP contribution < -0.4 is 4.74 Å². The summed E-state index contributed by atoms with van der Waals surface area (Å²) in [7, 11) is 0. The molecule has 7 nitrogen and oxygen atoms in total. The zero-order valence-electron chi connectivity index (χ0n) is 18.3. The second kappa shape index (κ2) is 8.99. The Morgan fingerprint density at radius 2 is 1.71 bits per heavy atom. The van der Waals surface area contributed by atoms with Crippen LogP contribution in [0.5, 0.6) is 5.75 Å². The van der Waals surface area contributed by atoms with Gasteiger partial charge in [-0.2, -0.15) is 4.98 Å². The summed E-state index contributed by atoms with van der Waals surface area (Å²) in [4.78, 5) is 21.9. The minimum Gasteiger partial charge on any atom is -0.490 e. The van der Waals surface area contributed by atoms with Gasteiger partial charge in [0, 0.05) is 50.6 Å². The lowest BCUT2D eigenvalue weighted by Gasteiger charge is -2.43. The molecule has 7 heteroatoms. The molecule has 2 aromatic rings. The van der Waals surface area contributed by atoms with Crippen LogP contribution >= 0.6 is 0 Å². The van der Waals surface area contributed by atoms with E-state index in [2.05, 4.69) is 19.9 Å². The highest BCUT2D eigenvalue weighted by molar-refractivity contribution is 5.79. The fourth-order valence-electron chi connectivity index (χ4n) is 5.04. The molecule has 1 aromatic heterocycles. The van der Waals surface area contributed by atoms with Gasteiger partial charge in [0.2, 0.25) is 17.6 Å². The summed E-state index contributed by atoms with van der Waals surface area (Å²) in [5.74, 6) is 2.54. The summed E-state index contributed by atoms with van der Waals surface area (Å²) >= 11 is 0. The number of aromatic nitrogens is 2. The molecule has 0 spiro atoms. The number of rotatable bonds is 5. The van der Waals surface area contributed by atoms with E-state index >= 15 is 0 Å². The van der Waals surface area contributed by atoms with Crippen LogP contribution in [0.3, 0.4) is 0 Å². The first-order valence-electron chi connectivity index (χ1n) is 11.8. The van der Waals surface area contributed by atoms with Crippen molar-refractivity contribution < 1.29 is 14.1 Å². The minimum atomic E-state index is 0.166. The van der Waals surface area contributed by atoms with Crippen LogP contribution in [0.4, 0.5) is 0 Å². The number of nitrogens with zero attached hydrogens (tertiary/aromatic N) is 4. The molecule has 1 amide bonds. The SMILES string of the molecule is Cc1nc(-c2ccc(O[C@H]3CC[C@H](C(=O)N4CCN(C5CCC5)CC4)CC3)cc2)no1. The molecule has 0 atom stereocenters. The van der Waals surface area contributed by atoms with E-state index in [1.807, 2.05) is 24.3 Å². The van der Waals surface area contributed by atoms with Crippen LogP contribution in [0.15, 0.2) is 28.8 Å². The number of hydrogen-bond acceptors (Lipinski definition) is 6. The largest absolute Gasteiger partial charge is 0.490 e. The van der Waals surface area contributed by atoms with Crippen LogP contribution in [0.1, 0.15) is 50.8 Å². The molecule has 0 bridgehead atoms. The second-order valence-electron chi connectivity index (χ2n) is 9.20. The average Bonchev–Trinajstić information content (AvgIpc) is 3.20. The number of benzene rings is 1. The molecule has 166 valence electrons. The van der Waals surface area contributed by atoms with E-state index in [9.17, 15) is 4.79 Å². The third-order valence-electron chi connectivity index (χ3n) is 7.18. The van der Waals surface area contributed by atoms with Crippen LogP contribution in [-0.2, 0) is 4.79 Å². The highest BCUT2D eigenvalue weighted by Crippen LogP contribution is 2.31. The maximum atomic E-state index is 13.0. The monoisotopic (exact) mass is 424 g/mol. The van der Waals surface area contributed by atoms with Gasteiger partial charge in [-0.25, -0.2) is 0 Å². The van der Waals surface area contributed by atoms with Crippen molar-refractivity contribution in [3.8, 4) is 17.1 Å². The third kappa shape index (κ3) is 4.61. The maximum Gasteiger partial charge on any atom is 0.225 e. The summed E-state index contributed by atoms with van der Waals surface area (Å²) in [6, 6.07) is 8.62. The first-order valence-corrected chi connectivity index (χ1v) is 11.8. The van der Waals surface area contributed by atoms with Crippen LogP contribution in [0.2, 0.25) is 0 Å². The van der Waals surface area contributed by atoms with Crippen molar-refractivity contribution in [2.24, 2.45) is 5.92 Å². The van der Waals surface area contributed by atoms with Crippen molar-refractivity contribution in [2.75, 3.05) is 26.2 Å². The van der Waals surface area contributed by atoms with Gasteiger partial charge in [-0.3, -0.25) is 9.69 Å².